The predicted octanol–water partition coefficient (Wildman–Crippen LogP) is 4.10. The first-order chi connectivity index (χ1) is 10.8. The number of nitrogens with one attached hydrogen (secondary N) is 1. The highest BCUT2D eigenvalue weighted by Gasteiger charge is 2.11. The molecule has 1 N–H and O–H groups in total. The monoisotopic (exact) mass is 305 g/mol. The fourth-order valence-electron chi connectivity index (χ4n) is 2.39. The number of hydrogen-bond acceptors (Lipinski definition) is 4. The van der Waals surface area contributed by atoms with E-state index in [2.05, 4.69) is 27.4 Å². The molecule has 0 spiro atoms. The van der Waals surface area contributed by atoms with Crippen molar-refractivity contribution in [1.82, 2.24) is 9.97 Å². The average molecular weight is 305 g/mol. The molecule has 5 heteroatoms. The van der Waals surface area contributed by atoms with Crippen molar-refractivity contribution in [2.45, 2.75) is 0 Å². The van der Waals surface area contributed by atoms with Crippen LogP contribution in [-0.2, 0) is 0 Å². The highest BCUT2D eigenvalue weighted by molar-refractivity contribution is 7.22. The largest absolute Gasteiger partial charge is 0.298 e. The Kier molecular flexibility index (Phi) is 3.05. The summed E-state index contributed by atoms with van der Waals surface area (Å²) >= 11 is 1.48. The lowest BCUT2D eigenvalue weighted by Crippen LogP contribution is -2.11. The van der Waals surface area contributed by atoms with Crippen molar-refractivity contribution in [3.8, 4) is 0 Å². The fraction of sp³-hybridized carbons (Fsp3) is 0. The third-order valence-electron chi connectivity index (χ3n) is 3.45. The van der Waals surface area contributed by atoms with Crippen LogP contribution in [0.2, 0.25) is 0 Å². The summed E-state index contributed by atoms with van der Waals surface area (Å²) in [5.74, 6) is -0.175. The molecule has 0 bridgehead atoms. The number of anilines is 1. The molecule has 4 rings (SSSR count). The van der Waals surface area contributed by atoms with Crippen LogP contribution in [0.15, 0.2) is 60.9 Å². The molecule has 0 fully saturated rings. The number of carbonyl (C=O) groups is 1. The van der Waals surface area contributed by atoms with Gasteiger partial charge in [0.05, 0.1) is 10.2 Å². The molecule has 0 aliphatic heterocycles. The molecule has 2 aromatic heterocycles. The van der Waals surface area contributed by atoms with Gasteiger partial charge in [0.15, 0.2) is 5.13 Å². The van der Waals surface area contributed by atoms with Crippen LogP contribution in [-0.4, -0.2) is 15.9 Å². The van der Waals surface area contributed by atoms with Gasteiger partial charge in [0.2, 0.25) is 0 Å². The van der Waals surface area contributed by atoms with Crippen LogP contribution in [0.4, 0.5) is 5.13 Å². The van der Waals surface area contributed by atoms with Crippen molar-refractivity contribution < 1.29 is 4.79 Å². The molecule has 2 aromatic carbocycles. The standard InChI is InChI=1S/C17H11N3OS/c21-16(12-7-9-18-10-8-12)20-17-19-15-13-4-2-1-3-11(13)5-6-14(15)22-17/h1-10H,(H,19,20,21). The Bertz CT molecular complexity index is 979. The van der Waals surface area contributed by atoms with Crippen molar-refractivity contribution in [2.24, 2.45) is 0 Å². The van der Waals surface area contributed by atoms with Gasteiger partial charge in [-0.25, -0.2) is 4.98 Å². The molecule has 0 atom stereocenters. The van der Waals surface area contributed by atoms with Gasteiger partial charge in [-0.1, -0.05) is 41.7 Å². The number of thiazole rings is 1. The Balaban J connectivity index is 1.74. The molecule has 106 valence electrons. The summed E-state index contributed by atoms with van der Waals surface area (Å²) in [6.45, 7) is 0. The van der Waals surface area contributed by atoms with Crippen molar-refractivity contribution >= 4 is 43.4 Å². The molecular formula is C17H11N3OS. The van der Waals surface area contributed by atoms with E-state index in [0.717, 1.165) is 21.0 Å². The van der Waals surface area contributed by atoms with E-state index < -0.39 is 0 Å². The summed E-state index contributed by atoms with van der Waals surface area (Å²) in [6.07, 6.45) is 3.20. The van der Waals surface area contributed by atoms with E-state index in [1.807, 2.05) is 24.3 Å². The maximum Gasteiger partial charge on any atom is 0.257 e. The molecule has 1 amide bonds. The van der Waals surface area contributed by atoms with Gasteiger partial charge >= 0.3 is 0 Å². The third kappa shape index (κ3) is 2.21. The number of hydrogen-bond donors (Lipinski definition) is 1. The molecule has 4 aromatic rings. The molecule has 4 nitrogen and oxygen atoms in total. The fourth-order valence-corrected chi connectivity index (χ4v) is 3.26. The van der Waals surface area contributed by atoms with Crippen LogP contribution in [0.3, 0.4) is 0 Å². The topological polar surface area (TPSA) is 54.9 Å². The summed E-state index contributed by atoms with van der Waals surface area (Å²) in [7, 11) is 0. The van der Waals surface area contributed by atoms with Crippen molar-refractivity contribution in [1.29, 1.82) is 0 Å². The summed E-state index contributed by atoms with van der Waals surface area (Å²) < 4.78 is 1.06. The normalized spacial score (nSPS) is 10.9. The molecule has 0 aliphatic rings. The quantitative estimate of drug-likeness (QED) is 0.606. The van der Waals surface area contributed by atoms with Crippen LogP contribution in [0.25, 0.3) is 21.0 Å². The summed E-state index contributed by atoms with van der Waals surface area (Å²) in [5.41, 5.74) is 1.49. The molecule has 0 radical (unpaired) electrons. The number of pyridine rings is 1. The number of nitrogens with zero attached hydrogens (tertiary/aromatic N) is 2. The van der Waals surface area contributed by atoms with E-state index in [4.69, 9.17) is 0 Å². The second-order valence-corrected chi connectivity index (χ2v) is 5.87. The van der Waals surface area contributed by atoms with Gasteiger partial charge in [-0.05, 0) is 23.6 Å². The second kappa shape index (κ2) is 5.20. The van der Waals surface area contributed by atoms with E-state index in [-0.39, 0.29) is 5.91 Å². The van der Waals surface area contributed by atoms with Gasteiger partial charge in [-0.3, -0.25) is 15.1 Å². The van der Waals surface area contributed by atoms with Gasteiger partial charge in [0.1, 0.15) is 0 Å². The maximum atomic E-state index is 12.2. The second-order valence-electron chi connectivity index (χ2n) is 4.84. The third-order valence-corrected chi connectivity index (χ3v) is 4.38. The lowest BCUT2D eigenvalue weighted by Gasteiger charge is -2.00. The van der Waals surface area contributed by atoms with Crippen molar-refractivity contribution in [2.75, 3.05) is 5.32 Å². The molecule has 2 heterocycles. The summed E-state index contributed by atoms with van der Waals surface area (Å²) in [5, 5.41) is 5.70. The van der Waals surface area contributed by atoms with E-state index in [1.54, 1.807) is 24.5 Å². The number of amides is 1. The Labute approximate surface area is 130 Å². The van der Waals surface area contributed by atoms with Crippen LogP contribution < -0.4 is 5.32 Å². The van der Waals surface area contributed by atoms with Gasteiger partial charge in [-0.2, -0.15) is 0 Å². The van der Waals surface area contributed by atoms with Gasteiger partial charge < -0.3 is 0 Å². The molecule has 22 heavy (non-hydrogen) atoms. The molecule has 0 unspecified atom stereocenters. The summed E-state index contributed by atoms with van der Waals surface area (Å²) in [6, 6.07) is 15.6. The zero-order valence-electron chi connectivity index (χ0n) is 11.5. The first-order valence-corrected chi connectivity index (χ1v) is 7.62. The van der Waals surface area contributed by atoms with E-state index in [0.29, 0.717) is 10.7 Å². The Morgan fingerprint density at radius 2 is 1.82 bits per heavy atom. The van der Waals surface area contributed by atoms with E-state index >= 15 is 0 Å². The lowest BCUT2D eigenvalue weighted by atomic mass is 10.1. The summed E-state index contributed by atoms with van der Waals surface area (Å²) in [4.78, 5) is 20.7. The highest BCUT2D eigenvalue weighted by atomic mass is 32.1. The van der Waals surface area contributed by atoms with Crippen molar-refractivity contribution in [3.05, 3.63) is 66.5 Å². The number of aromatic nitrogens is 2. The van der Waals surface area contributed by atoms with Crippen LogP contribution in [0.1, 0.15) is 10.4 Å². The minimum atomic E-state index is -0.175. The van der Waals surface area contributed by atoms with Crippen LogP contribution in [0.5, 0.6) is 0 Å². The Morgan fingerprint density at radius 1 is 1.00 bits per heavy atom. The Morgan fingerprint density at radius 3 is 2.68 bits per heavy atom. The molecule has 0 aliphatic carbocycles. The van der Waals surface area contributed by atoms with E-state index in [9.17, 15) is 4.79 Å². The Hall–Kier alpha value is -2.79. The zero-order valence-corrected chi connectivity index (χ0v) is 12.3. The highest BCUT2D eigenvalue weighted by Crippen LogP contribution is 2.31. The number of carbonyl (C=O) groups excluding carboxylic acids is 1. The average Bonchev–Trinajstić information content (AvgIpc) is 2.98. The molecule has 0 saturated carbocycles. The van der Waals surface area contributed by atoms with Gasteiger partial charge in [0, 0.05) is 23.3 Å². The smallest absolute Gasteiger partial charge is 0.257 e. The lowest BCUT2D eigenvalue weighted by molar-refractivity contribution is 0.102. The van der Waals surface area contributed by atoms with E-state index in [1.165, 1.54) is 11.3 Å². The molecule has 0 saturated heterocycles. The predicted molar refractivity (Wildman–Crippen MR) is 89.3 cm³/mol. The zero-order chi connectivity index (χ0) is 14.9. The minimum Gasteiger partial charge on any atom is -0.298 e. The SMILES string of the molecule is O=C(Nc1nc2c(ccc3ccccc32)s1)c1ccncc1. The maximum absolute atomic E-state index is 12.2. The number of benzene rings is 2. The first kappa shape index (κ1) is 12.9. The van der Waals surface area contributed by atoms with Crippen molar-refractivity contribution in [3.63, 3.8) is 0 Å². The van der Waals surface area contributed by atoms with Gasteiger partial charge in [0.25, 0.3) is 5.91 Å². The number of rotatable bonds is 2. The molecular weight excluding hydrogens is 294 g/mol. The van der Waals surface area contributed by atoms with Crippen LogP contribution in [0, 0.1) is 0 Å². The number of fused-ring (bicyclic) bond motifs is 3. The van der Waals surface area contributed by atoms with Crippen LogP contribution >= 0.6 is 11.3 Å². The minimum absolute atomic E-state index is 0.175. The first-order valence-electron chi connectivity index (χ1n) is 6.81. The van der Waals surface area contributed by atoms with Gasteiger partial charge in [-0.15, -0.1) is 0 Å².